The highest BCUT2D eigenvalue weighted by molar-refractivity contribution is 7.18. The fourth-order valence-electron chi connectivity index (χ4n) is 3.69. The van der Waals surface area contributed by atoms with Crippen LogP contribution in [0.1, 0.15) is 51.1 Å². The molecule has 0 radical (unpaired) electrons. The number of aryl methyl sites for hydroxylation is 3. The summed E-state index contributed by atoms with van der Waals surface area (Å²) in [7, 11) is 0. The van der Waals surface area contributed by atoms with Crippen LogP contribution >= 0.6 is 11.3 Å². The van der Waals surface area contributed by atoms with E-state index in [1.165, 1.54) is 27.3 Å². The molecule has 26 heavy (non-hydrogen) atoms. The number of rotatable bonds is 1. The molecule has 0 bridgehead atoms. The maximum atomic E-state index is 11.8. The van der Waals surface area contributed by atoms with Crippen LogP contribution in [-0.2, 0) is 19.3 Å². The molecule has 0 saturated heterocycles. The van der Waals surface area contributed by atoms with E-state index in [1.807, 2.05) is 0 Å². The normalized spacial score (nSPS) is 17.5. The van der Waals surface area contributed by atoms with Crippen molar-refractivity contribution in [3.8, 4) is 0 Å². The van der Waals surface area contributed by atoms with Crippen molar-refractivity contribution in [3.63, 3.8) is 0 Å². The predicted octanol–water partition coefficient (Wildman–Crippen LogP) is 2.80. The van der Waals surface area contributed by atoms with Crippen LogP contribution in [0.25, 0.3) is 10.2 Å². The van der Waals surface area contributed by atoms with Crippen LogP contribution in [0.15, 0.2) is 29.1 Å². The molecule has 0 fully saturated rings. The smallest absolute Gasteiger partial charge is 0.372 e. The Kier molecular flexibility index (Phi) is 4.34. The van der Waals surface area contributed by atoms with E-state index < -0.39 is 5.97 Å². The molecule has 2 aliphatic carbocycles. The van der Waals surface area contributed by atoms with Crippen LogP contribution in [0.2, 0.25) is 0 Å². The van der Waals surface area contributed by atoms with Gasteiger partial charge < -0.3 is 15.8 Å². The number of carbonyl (C=O) groups is 1. The van der Waals surface area contributed by atoms with Crippen LogP contribution in [0.3, 0.4) is 0 Å². The van der Waals surface area contributed by atoms with Gasteiger partial charge in [0, 0.05) is 10.9 Å². The molecule has 3 aromatic rings. The number of fused-ring (bicyclic) bond motifs is 4. The SMILES string of the molecule is N[C@H]1CCc2ccccc21.O=C(O)c1nc2sc3c(c2c(=O)[nH]1)CCC3. The van der Waals surface area contributed by atoms with Crippen molar-refractivity contribution in [2.24, 2.45) is 5.73 Å². The number of hydrogen-bond acceptors (Lipinski definition) is 5. The number of aromatic amines is 1. The number of aromatic carboxylic acids is 1. The van der Waals surface area contributed by atoms with Gasteiger partial charge in [-0.05, 0) is 48.8 Å². The summed E-state index contributed by atoms with van der Waals surface area (Å²) in [6, 6.07) is 8.74. The number of nitrogens with one attached hydrogen (secondary N) is 1. The summed E-state index contributed by atoms with van der Waals surface area (Å²) >= 11 is 1.44. The van der Waals surface area contributed by atoms with Crippen LogP contribution in [0.5, 0.6) is 0 Å². The second kappa shape index (κ2) is 6.66. The van der Waals surface area contributed by atoms with E-state index in [9.17, 15) is 9.59 Å². The molecule has 2 heterocycles. The maximum Gasteiger partial charge on any atom is 0.372 e. The van der Waals surface area contributed by atoms with Crippen molar-refractivity contribution in [1.82, 2.24) is 9.97 Å². The molecule has 2 aromatic heterocycles. The van der Waals surface area contributed by atoms with E-state index in [0.717, 1.165) is 37.7 Å². The second-order valence-corrected chi connectivity index (χ2v) is 7.68. The average molecular weight is 369 g/mol. The highest BCUT2D eigenvalue weighted by Crippen LogP contribution is 2.34. The lowest BCUT2D eigenvalue weighted by atomic mass is 10.1. The molecule has 0 unspecified atom stereocenters. The predicted molar refractivity (Wildman–Crippen MR) is 101 cm³/mol. The highest BCUT2D eigenvalue weighted by Gasteiger charge is 2.22. The molecular weight excluding hydrogens is 350 g/mol. The molecule has 134 valence electrons. The first kappa shape index (κ1) is 16.9. The second-order valence-electron chi connectivity index (χ2n) is 6.60. The summed E-state index contributed by atoms with van der Waals surface area (Å²) in [6.07, 6.45) is 5.22. The van der Waals surface area contributed by atoms with Gasteiger partial charge in [0.2, 0.25) is 5.82 Å². The van der Waals surface area contributed by atoms with Gasteiger partial charge in [0.05, 0.1) is 5.39 Å². The number of benzene rings is 1. The van der Waals surface area contributed by atoms with E-state index in [-0.39, 0.29) is 11.4 Å². The lowest BCUT2D eigenvalue weighted by molar-refractivity contribution is 0.0683. The van der Waals surface area contributed by atoms with Gasteiger partial charge in [-0.3, -0.25) is 4.79 Å². The number of nitrogens with two attached hydrogens (primary N) is 1. The standard InChI is InChI=1S/C10H8N2O3S.C9H11N/c13-8-6-4-2-1-3-5(4)16-9(6)12-7(11-8)10(14)15;10-9-6-5-7-3-1-2-4-8(7)9/h1-3H2,(H,14,15)(H,11,12,13);1-4,9H,5-6,10H2/t;9-/m.0/s1. The molecule has 0 saturated carbocycles. The summed E-state index contributed by atoms with van der Waals surface area (Å²) in [4.78, 5) is 30.5. The summed E-state index contributed by atoms with van der Waals surface area (Å²) in [5.74, 6) is -1.48. The largest absolute Gasteiger partial charge is 0.475 e. The van der Waals surface area contributed by atoms with E-state index in [2.05, 4.69) is 34.2 Å². The Morgan fingerprint density at radius 1 is 1.27 bits per heavy atom. The molecule has 5 rings (SSSR count). The molecular formula is C19H19N3O3S. The number of hydrogen-bond donors (Lipinski definition) is 3. The van der Waals surface area contributed by atoms with Crippen molar-refractivity contribution < 1.29 is 9.90 Å². The minimum absolute atomic E-state index is 0.280. The zero-order chi connectivity index (χ0) is 18.3. The number of nitrogens with zero attached hydrogens (tertiary/aromatic N) is 1. The van der Waals surface area contributed by atoms with Gasteiger partial charge in [-0.15, -0.1) is 11.3 Å². The molecule has 0 spiro atoms. The number of carboxylic acids is 1. The van der Waals surface area contributed by atoms with Crippen LogP contribution in [-0.4, -0.2) is 21.0 Å². The monoisotopic (exact) mass is 369 g/mol. The number of thiophene rings is 1. The molecule has 7 heteroatoms. The summed E-state index contributed by atoms with van der Waals surface area (Å²) in [5, 5.41) is 9.37. The third-order valence-electron chi connectivity index (χ3n) is 4.96. The third-order valence-corrected chi connectivity index (χ3v) is 6.14. The van der Waals surface area contributed by atoms with Gasteiger partial charge in [0.25, 0.3) is 5.56 Å². The number of carboxylic acid groups (broad SMARTS) is 1. The minimum atomic E-state index is -1.20. The fraction of sp³-hybridized carbons (Fsp3) is 0.316. The average Bonchev–Trinajstić information content (AvgIpc) is 3.30. The maximum absolute atomic E-state index is 11.8. The van der Waals surface area contributed by atoms with Gasteiger partial charge in [-0.2, -0.15) is 0 Å². The summed E-state index contributed by atoms with van der Waals surface area (Å²) in [6.45, 7) is 0. The molecule has 2 aliphatic rings. The summed E-state index contributed by atoms with van der Waals surface area (Å²) in [5.41, 5.74) is 9.36. The van der Waals surface area contributed by atoms with Gasteiger partial charge >= 0.3 is 5.97 Å². The third kappa shape index (κ3) is 2.93. The Bertz CT molecular complexity index is 1050. The lowest BCUT2D eigenvalue weighted by Gasteiger charge is -2.01. The topological polar surface area (TPSA) is 109 Å². The Labute approximate surface area is 153 Å². The minimum Gasteiger partial charge on any atom is -0.475 e. The van der Waals surface area contributed by atoms with Gasteiger partial charge in [0.15, 0.2) is 0 Å². The lowest BCUT2D eigenvalue weighted by Crippen LogP contribution is -2.15. The number of H-pyrrole nitrogens is 1. The first-order chi connectivity index (χ1) is 12.5. The Morgan fingerprint density at radius 3 is 2.85 bits per heavy atom. The van der Waals surface area contributed by atoms with Crippen molar-refractivity contribution in [3.05, 3.63) is 62.0 Å². The Morgan fingerprint density at radius 2 is 2.08 bits per heavy atom. The van der Waals surface area contributed by atoms with Crippen LogP contribution in [0.4, 0.5) is 0 Å². The Hall–Kier alpha value is -2.51. The van der Waals surface area contributed by atoms with Gasteiger partial charge in [0.1, 0.15) is 4.83 Å². The fourth-order valence-corrected chi connectivity index (χ4v) is 4.96. The zero-order valence-corrected chi connectivity index (χ0v) is 14.9. The number of aromatic nitrogens is 2. The molecule has 0 amide bonds. The molecule has 1 aromatic carbocycles. The molecule has 0 aliphatic heterocycles. The molecule has 1 atom stereocenters. The zero-order valence-electron chi connectivity index (χ0n) is 14.1. The van der Waals surface area contributed by atoms with Crippen molar-refractivity contribution in [2.45, 2.75) is 38.1 Å². The first-order valence-electron chi connectivity index (χ1n) is 8.66. The van der Waals surface area contributed by atoms with Crippen LogP contribution < -0.4 is 11.3 Å². The summed E-state index contributed by atoms with van der Waals surface area (Å²) < 4.78 is 0. The van der Waals surface area contributed by atoms with Crippen molar-refractivity contribution in [1.29, 1.82) is 0 Å². The van der Waals surface area contributed by atoms with Crippen molar-refractivity contribution >= 4 is 27.5 Å². The quantitative estimate of drug-likeness (QED) is 0.611. The van der Waals surface area contributed by atoms with E-state index in [0.29, 0.717) is 16.3 Å². The first-order valence-corrected chi connectivity index (χ1v) is 9.47. The van der Waals surface area contributed by atoms with E-state index in [1.54, 1.807) is 0 Å². The van der Waals surface area contributed by atoms with Gasteiger partial charge in [-0.1, -0.05) is 24.3 Å². The van der Waals surface area contributed by atoms with Gasteiger partial charge in [-0.25, -0.2) is 9.78 Å². The van der Waals surface area contributed by atoms with Crippen molar-refractivity contribution in [2.75, 3.05) is 0 Å². The molecule has 6 nitrogen and oxygen atoms in total. The molecule has 4 N–H and O–H groups in total. The van der Waals surface area contributed by atoms with E-state index in [4.69, 9.17) is 10.8 Å². The van der Waals surface area contributed by atoms with Crippen LogP contribution in [0, 0.1) is 0 Å². The highest BCUT2D eigenvalue weighted by atomic mass is 32.1. The Balaban J connectivity index is 0.000000144. The van der Waals surface area contributed by atoms with E-state index >= 15 is 0 Å².